The number of fused-ring (bicyclic) bond motifs is 3. The Bertz CT molecular complexity index is 1430. The monoisotopic (exact) mass is 333 g/mol. The Kier molecular flexibility index (Phi) is 1.13. The highest BCUT2D eigenvalue weighted by Gasteiger charge is 2.13. The van der Waals surface area contributed by atoms with Crippen molar-refractivity contribution in [3.63, 3.8) is 0 Å². The van der Waals surface area contributed by atoms with E-state index in [-0.39, 0.29) is 43.6 Å². The molecular weight excluding hydrogens is 312 g/mol. The minimum atomic E-state index is -0.639. The van der Waals surface area contributed by atoms with Crippen LogP contribution in [0, 0.1) is 0 Å². The Hall–Kier alpha value is -2.06. The van der Waals surface area contributed by atoms with Gasteiger partial charge in [0.2, 0.25) is 0 Å². The Labute approximate surface area is 140 Å². The van der Waals surface area contributed by atoms with Crippen molar-refractivity contribution in [2.75, 3.05) is 0 Å². The second kappa shape index (κ2) is 4.50. The third-order valence-electron chi connectivity index (χ3n) is 2.83. The summed E-state index contributed by atoms with van der Waals surface area (Å²) in [6.45, 7) is 0. The molecule has 0 amide bonds. The van der Waals surface area contributed by atoms with Crippen LogP contribution in [0.15, 0.2) is 75.4 Å². The lowest BCUT2D eigenvalue weighted by Gasteiger charge is -2.03. The Balaban J connectivity index is 2.40. The van der Waals surface area contributed by atoms with E-state index in [4.69, 9.17) is 19.5 Å². The van der Waals surface area contributed by atoms with E-state index in [1.54, 1.807) is 0 Å². The summed E-state index contributed by atoms with van der Waals surface area (Å²) in [5.41, 5.74) is -0.927. The van der Waals surface area contributed by atoms with Gasteiger partial charge in [-0.2, -0.15) is 0 Å². The second-order valence-electron chi connectivity index (χ2n) is 3.95. The lowest BCUT2D eigenvalue weighted by atomic mass is 10.00. The van der Waals surface area contributed by atoms with Gasteiger partial charge in [-0.15, -0.1) is 0 Å². The van der Waals surface area contributed by atoms with E-state index < -0.39 is 60.4 Å². The first-order chi connectivity index (χ1) is 14.4. The van der Waals surface area contributed by atoms with E-state index >= 15 is 0 Å². The lowest BCUT2D eigenvalue weighted by molar-refractivity contribution is 0.667. The highest BCUT2D eigenvalue weighted by molar-refractivity contribution is 9.10. The number of para-hydroxylation sites is 1. The van der Waals surface area contributed by atoms with Crippen molar-refractivity contribution in [2.45, 2.75) is 0 Å². The molecule has 1 aromatic heterocycles. The number of halogens is 1. The predicted octanol–water partition coefficient (Wildman–Crippen LogP) is 6.02. The maximum atomic E-state index is 8.44. The third-order valence-corrected chi connectivity index (χ3v) is 3.39. The van der Waals surface area contributed by atoms with Gasteiger partial charge in [-0.05, 0) is 39.1 Å². The Morgan fingerprint density at radius 2 is 1.65 bits per heavy atom. The van der Waals surface area contributed by atoms with E-state index in [1.807, 2.05) is 0 Å². The maximum Gasteiger partial charge on any atom is 0.149 e. The fourth-order valence-corrected chi connectivity index (χ4v) is 2.39. The maximum absolute atomic E-state index is 8.44. The average molecular weight is 334 g/mol. The number of hydrogen-bond acceptors (Lipinski definition) is 1. The molecular formula is C18H11BrO. The standard InChI is InChI=1S/C18H11BrO/c19-15-10-4-9-14-17-13(12-6-2-1-3-7-12)8-5-11-16(17)20-18(14)15/h1-11H/i1D,2D,3D,4D,5D,6D,7D,8D,9D,10D,11D. The van der Waals surface area contributed by atoms with Crippen LogP contribution in [0.25, 0.3) is 33.1 Å². The molecule has 4 aromatic rings. The predicted molar refractivity (Wildman–Crippen MR) is 86.9 cm³/mol. The number of hydrogen-bond donors (Lipinski definition) is 0. The molecule has 4 rings (SSSR count). The molecule has 0 bridgehead atoms. The van der Waals surface area contributed by atoms with Gasteiger partial charge >= 0.3 is 0 Å². The quantitative estimate of drug-likeness (QED) is 0.415. The third kappa shape index (κ3) is 1.69. The van der Waals surface area contributed by atoms with Crippen molar-refractivity contribution in [1.82, 2.24) is 0 Å². The van der Waals surface area contributed by atoms with Crippen LogP contribution in [-0.4, -0.2) is 0 Å². The molecule has 0 atom stereocenters. The topological polar surface area (TPSA) is 13.1 Å². The lowest BCUT2D eigenvalue weighted by Crippen LogP contribution is -1.78. The average Bonchev–Trinajstić information content (AvgIpc) is 3.14. The van der Waals surface area contributed by atoms with Gasteiger partial charge in [0, 0.05) is 10.8 Å². The molecule has 2 heteroatoms. The molecule has 0 saturated carbocycles. The summed E-state index contributed by atoms with van der Waals surface area (Å²) < 4.78 is 95.2. The van der Waals surface area contributed by atoms with Gasteiger partial charge in [-0.3, -0.25) is 0 Å². The van der Waals surface area contributed by atoms with Crippen LogP contribution in [-0.2, 0) is 0 Å². The van der Waals surface area contributed by atoms with Gasteiger partial charge in [0.25, 0.3) is 0 Å². The molecule has 0 unspecified atom stereocenters. The number of furan rings is 1. The van der Waals surface area contributed by atoms with Crippen molar-refractivity contribution in [3.05, 3.63) is 70.9 Å². The normalized spacial score (nSPS) is 18.9. The minimum Gasteiger partial charge on any atom is -0.455 e. The minimum absolute atomic E-state index is 0.0316. The van der Waals surface area contributed by atoms with Gasteiger partial charge in [-0.25, -0.2) is 0 Å². The molecule has 0 radical (unpaired) electrons. The second-order valence-corrected chi connectivity index (χ2v) is 4.74. The van der Waals surface area contributed by atoms with Crippen LogP contribution in [0.2, 0.25) is 0 Å². The fourth-order valence-electron chi connectivity index (χ4n) is 2.01. The molecule has 0 aliphatic heterocycles. The molecule has 0 aliphatic carbocycles. The molecule has 1 heterocycles. The fraction of sp³-hybridized carbons (Fsp3) is 0. The molecule has 1 nitrogen and oxygen atoms in total. The highest BCUT2D eigenvalue weighted by atomic mass is 79.9. The van der Waals surface area contributed by atoms with Gasteiger partial charge in [0.05, 0.1) is 19.6 Å². The Morgan fingerprint density at radius 1 is 0.850 bits per heavy atom. The number of rotatable bonds is 1. The Morgan fingerprint density at radius 3 is 2.50 bits per heavy atom. The van der Waals surface area contributed by atoms with Crippen molar-refractivity contribution in [3.8, 4) is 11.1 Å². The van der Waals surface area contributed by atoms with Gasteiger partial charge < -0.3 is 4.42 Å². The van der Waals surface area contributed by atoms with Crippen molar-refractivity contribution in [1.29, 1.82) is 0 Å². The van der Waals surface area contributed by atoms with Gasteiger partial charge in [0.15, 0.2) is 0 Å². The van der Waals surface area contributed by atoms with E-state index in [9.17, 15) is 0 Å². The van der Waals surface area contributed by atoms with Crippen LogP contribution in [0.3, 0.4) is 0 Å². The van der Waals surface area contributed by atoms with Crippen molar-refractivity contribution >= 4 is 37.9 Å². The SMILES string of the molecule is [2H]c1c([2H])c([2H])c(-c2c([2H])c([2H])c([2H])c3oc4c(Br)c([2H])c([2H])c([2H])c4c23)c([2H])c1[2H]. The van der Waals surface area contributed by atoms with Crippen molar-refractivity contribution < 1.29 is 19.5 Å². The summed E-state index contributed by atoms with van der Waals surface area (Å²) in [4.78, 5) is 0. The zero-order valence-corrected chi connectivity index (χ0v) is 11.4. The van der Waals surface area contributed by atoms with E-state index in [2.05, 4.69) is 15.9 Å². The van der Waals surface area contributed by atoms with Crippen LogP contribution >= 0.6 is 15.9 Å². The largest absolute Gasteiger partial charge is 0.455 e. The smallest absolute Gasteiger partial charge is 0.149 e. The van der Waals surface area contributed by atoms with E-state index in [0.717, 1.165) is 0 Å². The zero-order chi connectivity index (χ0) is 23.1. The van der Waals surface area contributed by atoms with Crippen LogP contribution in [0.4, 0.5) is 0 Å². The van der Waals surface area contributed by atoms with Gasteiger partial charge in [0.1, 0.15) is 11.2 Å². The van der Waals surface area contributed by atoms with Gasteiger partial charge in [-0.1, -0.05) is 54.4 Å². The van der Waals surface area contributed by atoms with Crippen LogP contribution < -0.4 is 0 Å². The molecule has 0 fully saturated rings. The summed E-state index contributed by atoms with van der Waals surface area (Å²) in [6, 6.07) is -6.00. The van der Waals surface area contributed by atoms with Crippen LogP contribution in [0.1, 0.15) is 15.1 Å². The summed E-state index contributed by atoms with van der Waals surface area (Å²) in [7, 11) is 0. The summed E-state index contributed by atoms with van der Waals surface area (Å²) in [6.07, 6.45) is 0. The molecule has 3 aromatic carbocycles. The number of benzene rings is 3. The van der Waals surface area contributed by atoms with Crippen molar-refractivity contribution in [2.24, 2.45) is 0 Å². The first-order valence-electron chi connectivity index (χ1n) is 11.1. The molecule has 0 aliphatic rings. The van der Waals surface area contributed by atoms with Crippen LogP contribution in [0.5, 0.6) is 0 Å². The molecule has 0 N–H and O–H groups in total. The summed E-state index contributed by atoms with van der Waals surface area (Å²) >= 11 is 3.15. The van der Waals surface area contributed by atoms with E-state index in [1.165, 1.54) is 0 Å². The first kappa shape index (κ1) is 5.05. The summed E-state index contributed by atoms with van der Waals surface area (Å²) in [5, 5.41) is -0.134. The molecule has 20 heavy (non-hydrogen) atoms. The highest BCUT2D eigenvalue weighted by Crippen LogP contribution is 2.38. The summed E-state index contributed by atoms with van der Waals surface area (Å²) in [5.74, 6) is 0. The molecule has 96 valence electrons. The zero-order valence-electron chi connectivity index (χ0n) is 20.8. The molecule has 0 saturated heterocycles. The van der Waals surface area contributed by atoms with E-state index in [0.29, 0.717) is 0 Å². The molecule has 0 spiro atoms. The first-order valence-corrected chi connectivity index (χ1v) is 6.39.